The molecule has 6 heteroatoms. The van der Waals surface area contributed by atoms with Gasteiger partial charge in [-0.25, -0.2) is 4.39 Å². The predicted molar refractivity (Wildman–Crippen MR) is 59.4 cm³/mol. The van der Waals surface area contributed by atoms with Gasteiger partial charge in [0, 0.05) is 11.6 Å². The van der Waals surface area contributed by atoms with Gasteiger partial charge < -0.3 is 10.5 Å². The van der Waals surface area contributed by atoms with Gasteiger partial charge in [0.05, 0.1) is 0 Å². The molecule has 18 heavy (non-hydrogen) atoms. The summed E-state index contributed by atoms with van der Waals surface area (Å²) in [5, 5.41) is 0. The lowest BCUT2D eigenvalue weighted by molar-refractivity contribution is -0.229. The topological polar surface area (TPSA) is 35.2 Å². The Morgan fingerprint density at radius 3 is 2.17 bits per heavy atom. The minimum absolute atomic E-state index is 0.0311. The fraction of sp³-hybridized carbons (Fsp3) is 0.500. The first kappa shape index (κ1) is 14.9. The Morgan fingerprint density at radius 1 is 1.17 bits per heavy atom. The second-order valence-corrected chi connectivity index (χ2v) is 4.12. The molecule has 0 bridgehead atoms. The molecule has 0 saturated carbocycles. The van der Waals surface area contributed by atoms with Gasteiger partial charge in [0.15, 0.2) is 6.10 Å². The number of alkyl halides is 3. The molecule has 0 aliphatic heterocycles. The van der Waals surface area contributed by atoms with Gasteiger partial charge in [-0.2, -0.15) is 13.2 Å². The average molecular weight is 265 g/mol. The zero-order valence-electron chi connectivity index (χ0n) is 10.0. The number of nitrogens with two attached hydrogens (primary N) is 1. The van der Waals surface area contributed by atoms with Gasteiger partial charge in [-0.15, -0.1) is 0 Å². The van der Waals surface area contributed by atoms with Gasteiger partial charge in [-0.3, -0.25) is 0 Å². The van der Waals surface area contributed by atoms with Gasteiger partial charge in [0.25, 0.3) is 0 Å². The predicted octanol–water partition coefficient (Wildman–Crippen LogP) is 3.18. The number of halogens is 4. The fourth-order valence-corrected chi connectivity index (χ4v) is 1.48. The van der Waals surface area contributed by atoms with E-state index in [1.165, 1.54) is 25.1 Å². The molecule has 0 heterocycles. The molecule has 3 atom stereocenters. The van der Waals surface area contributed by atoms with Crippen LogP contribution in [0.4, 0.5) is 17.6 Å². The van der Waals surface area contributed by atoms with Crippen LogP contribution in [0.25, 0.3) is 0 Å². The minimum atomic E-state index is -4.50. The Kier molecular flexibility index (Phi) is 4.70. The van der Waals surface area contributed by atoms with E-state index in [9.17, 15) is 17.6 Å². The lowest BCUT2D eigenvalue weighted by atomic mass is 10.0. The lowest BCUT2D eigenvalue weighted by Gasteiger charge is -2.27. The molecular weight excluding hydrogens is 250 g/mol. The van der Waals surface area contributed by atoms with E-state index >= 15 is 0 Å². The molecule has 102 valence electrons. The third kappa shape index (κ3) is 3.68. The Morgan fingerprint density at radius 2 is 1.72 bits per heavy atom. The van der Waals surface area contributed by atoms with E-state index in [0.29, 0.717) is 0 Å². The van der Waals surface area contributed by atoms with Crippen LogP contribution >= 0.6 is 0 Å². The summed E-state index contributed by atoms with van der Waals surface area (Å²) in [5.41, 5.74) is 5.60. The van der Waals surface area contributed by atoms with Gasteiger partial charge >= 0.3 is 6.18 Å². The van der Waals surface area contributed by atoms with Crippen molar-refractivity contribution in [1.29, 1.82) is 0 Å². The Labute approximate surface area is 103 Å². The highest BCUT2D eigenvalue weighted by atomic mass is 19.4. The van der Waals surface area contributed by atoms with Crippen LogP contribution in [0.1, 0.15) is 25.5 Å². The summed E-state index contributed by atoms with van der Waals surface area (Å²) < 4.78 is 55.7. The smallest absolute Gasteiger partial charge is 0.359 e. The standard InChI is InChI=1S/C12H15F4NO/c1-7(17)11(18-8(2)12(14,15)16)9-5-3-4-6-10(9)13/h3-8,11H,17H2,1-2H3. The maximum atomic E-state index is 13.5. The lowest BCUT2D eigenvalue weighted by Crippen LogP contribution is -2.36. The van der Waals surface area contributed by atoms with Crippen molar-refractivity contribution in [3.8, 4) is 0 Å². The Bertz CT molecular complexity index is 392. The summed E-state index contributed by atoms with van der Waals surface area (Å²) in [5.74, 6) is -0.630. The second kappa shape index (κ2) is 5.67. The van der Waals surface area contributed by atoms with E-state index in [2.05, 4.69) is 0 Å². The van der Waals surface area contributed by atoms with Gasteiger partial charge in [0.2, 0.25) is 0 Å². The monoisotopic (exact) mass is 265 g/mol. The van der Waals surface area contributed by atoms with Gasteiger partial charge in [-0.05, 0) is 19.9 Å². The molecular formula is C12H15F4NO. The Hall–Kier alpha value is -1.14. The highest BCUT2D eigenvalue weighted by Crippen LogP contribution is 2.30. The molecule has 0 amide bonds. The molecule has 1 aromatic rings. The molecule has 0 saturated heterocycles. The zero-order valence-corrected chi connectivity index (χ0v) is 10.0. The summed E-state index contributed by atoms with van der Waals surface area (Å²) in [4.78, 5) is 0. The molecule has 0 radical (unpaired) electrons. The maximum Gasteiger partial charge on any atom is 0.414 e. The summed E-state index contributed by atoms with van der Waals surface area (Å²) in [6.45, 7) is 2.34. The third-order valence-electron chi connectivity index (χ3n) is 2.50. The average Bonchev–Trinajstić information content (AvgIpc) is 2.25. The summed E-state index contributed by atoms with van der Waals surface area (Å²) in [6, 6.07) is 4.74. The number of hydrogen-bond acceptors (Lipinski definition) is 2. The van der Waals surface area contributed by atoms with Crippen LogP contribution in [0.3, 0.4) is 0 Å². The fourth-order valence-electron chi connectivity index (χ4n) is 1.48. The molecule has 2 nitrogen and oxygen atoms in total. The first-order valence-corrected chi connectivity index (χ1v) is 5.45. The van der Waals surface area contributed by atoms with Gasteiger partial charge in [-0.1, -0.05) is 18.2 Å². The highest BCUT2D eigenvalue weighted by molar-refractivity contribution is 5.21. The van der Waals surface area contributed by atoms with E-state index in [1.54, 1.807) is 0 Å². The number of hydrogen-bond donors (Lipinski definition) is 1. The van der Waals surface area contributed by atoms with Crippen LogP contribution in [0.5, 0.6) is 0 Å². The molecule has 1 aromatic carbocycles. The normalized spacial score (nSPS) is 17.3. The maximum absolute atomic E-state index is 13.5. The van der Waals surface area contributed by atoms with E-state index < -0.39 is 30.2 Å². The van der Waals surface area contributed by atoms with E-state index in [-0.39, 0.29) is 5.56 Å². The van der Waals surface area contributed by atoms with Crippen molar-refractivity contribution in [1.82, 2.24) is 0 Å². The van der Waals surface area contributed by atoms with Gasteiger partial charge in [0.1, 0.15) is 11.9 Å². The van der Waals surface area contributed by atoms with Crippen LogP contribution in [0.15, 0.2) is 24.3 Å². The van der Waals surface area contributed by atoms with Crippen molar-refractivity contribution in [2.24, 2.45) is 5.73 Å². The van der Waals surface area contributed by atoms with Crippen molar-refractivity contribution >= 4 is 0 Å². The quantitative estimate of drug-likeness (QED) is 0.848. The summed E-state index contributed by atoms with van der Waals surface area (Å²) in [7, 11) is 0. The minimum Gasteiger partial charge on any atom is -0.359 e. The first-order valence-electron chi connectivity index (χ1n) is 5.45. The number of ether oxygens (including phenoxy) is 1. The second-order valence-electron chi connectivity index (χ2n) is 4.12. The molecule has 1 rings (SSSR count). The summed E-state index contributed by atoms with van der Waals surface area (Å²) in [6.07, 6.45) is -7.64. The molecule has 3 unspecified atom stereocenters. The van der Waals surface area contributed by atoms with Crippen molar-refractivity contribution in [2.45, 2.75) is 38.3 Å². The SMILES string of the molecule is CC(N)C(OC(C)C(F)(F)F)c1ccccc1F. The van der Waals surface area contributed by atoms with Crippen LogP contribution in [0.2, 0.25) is 0 Å². The van der Waals surface area contributed by atoms with E-state index in [4.69, 9.17) is 10.5 Å². The molecule has 2 N–H and O–H groups in total. The van der Waals surface area contributed by atoms with Crippen LogP contribution < -0.4 is 5.73 Å². The van der Waals surface area contributed by atoms with Crippen LogP contribution in [-0.2, 0) is 4.74 Å². The van der Waals surface area contributed by atoms with Crippen molar-refractivity contribution < 1.29 is 22.3 Å². The van der Waals surface area contributed by atoms with E-state index in [0.717, 1.165) is 13.0 Å². The number of benzene rings is 1. The highest BCUT2D eigenvalue weighted by Gasteiger charge is 2.39. The summed E-state index contributed by atoms with van der Waals surface area (Å²) >= 11 is 0. The van der Waals surface area contributed by atoms with Crippen molar-refractivity contribution in [3.05, 3.63) is 35.6 Å². The van der Waals surface area contributed by atoms with E-state index in [1.807, 2.05) is 0 Å². The molecule has 0 aromatic heterocycles. The molecule has 0 fully saturated rings. The third-order valence-corrected chi connectivity index (χ3v) is 2.50. The largest absolute Gasteiger partial charge is 0.414 e. The van der Waals surface area contributed by atoms with Crippen molar-refractivity contribution in [3.63, 3.8) is 0 Å². The van der Waals surface area contributed by atoms with Crippen molar-refractivity contribution in [2.75, 3.05) is 0 Å². The first-order chi connectivity index (χ1) is 8.23. The number of rotatable bonds is 4. The van der Waals surface area contributed by atoms with Crippen LogP contribution in [-0.4, -0.2) is 18.3 Å². The Balaban J connectivity index is 2.95. The van der Waals surface area contributed by atoms with Crippen LogP contribution in [0, 0.1) is 5.82 Å². The molecule has 0 aliphatic carbocycles. The molecule has 0 spiro atoms. The molecule has 0 aliphatic rings. The zero-order chi connectivity index (χ0) is 13.9.